The molecule has 69 heavy (non-hydrogen) atoms. The lowest BCUT2D eigenvalue weighted by molar-refractivity contribution is 0.332. The highest BCUT2D eigenvalue weighted by Gasteiger charge is 2.48. The minimum atomic E-state index is -0.112. The molecule has 0 saturated carbocycles. The fourth-order valence-corrected chi connectivity index (χ4v) is 14.6. The zero-order valence-corrected chi connectivity index (χ0v) is 43.3. The molecule has 0 spiro atoms. The van der Waals surface area contributed by atoms with Gasteiger partial charge in [0.05, 0.1) is 5.69 Å². The zero-order valence-electron chi connectivity index (χ0n) is 41.6. The Morgan fingerprint density at radius 2 is 1.09 bits per heavy atom. The maximum Gasteiger partial charge on any atom is 0.333 e. The third kappa shape index (κ3) is 6.42. The molecule has 0 N–H and O–H groups in total. The quantitative estimate of drug-likeness (QED) is 0.163. The van der Waals surface area contributed by atoms with Crippen LogP contribution in [0.3, 0.4) is 0 Å². The average Bonchev–Trinajstić information content (AvgIpc) is 3.89. The van der Waals surface area contributed by atoms with Gasteiger partial charge in [0.25, 0.3) is 0 Å². The predicted molar refractivity (Wildman–Crippen MR) is 304 cm³/mol. The first kappa shape index (κ1) is 42.9. The number of hydrogen-bond acceptors (Lipinski definition) is 4. The summed E-state index contributed by atoms with van der Waals surface area (Å²) in [6, 6.07) is 59.3. The first-order valence-electron chi connectivity index (χ1n) is 25.0. The molecule has 10 aromatic rings. The van der Waals surface area contributed by atoms with Crippen LogP contribution in [0.1, 0.15) is 104 Å². The Bertz CT molecular complexity index is 3760. The second kappa shape index (κ2) is 14.7. The van der Waals surface area contributed by atoms with Gasteiger partial charge in [-0.2, -0.15) is 0 Å². The third-order valence-electron chi connectivity index (χ3n) is 16.2. The first-order valence-corrected chi connectivity index (χ1v) is 26.6. The van der Waals surface area contributed by atoms with Gasteiger partial charge in [-0.15, -0.1) is 22.7 Å². The van der Waals surface area contributed by atoms with Gasteiger partial charge in [-0.3, -0.25) is 0 Å². The highest BCUT2D eigenvalue weighted by atomic mass is 32.1. The second-order valence-electron chi connectivity index (χ2n) is 23.6. The summed E-state index contributed by atoms with van der Waals surface area (Å²) in [4.78, 5) is 5.45. The van der Waals surface area contributed by atoms with Gasteiger partial charge in [0.2, 0.25) is 0 Å². The van der Waals surface area contributed by atoms with E-state index < -0.39 is 0 Å². The van der Waals surface area contributed by atoms with Crippen molar-refractivity contribution in [1.82, 2.24) is 0 Å². The monoisotopic (exact) mass is 930 g/mol. The summed E-state index contributed by atoms with van der Waals surface area (Å²) in [7, 11) is 0. The van der Waals surface area contributed by atoms with Crippen LogP contribution in [0, 0.1) is 0 Å². The van der Waals surface area contributed by atoms with E-state index in [0.29, 0.717) is 0 Å². The molecule has 2 aliphatic heterocycles. The number of rotatable bonds is 3. The maximum absolute atomic E-state index is 2.77. The summed E-state index contributed by atoms with van der Waals surface area (Å²) < 4.78 is 5.35. The highest BCUT2D eigenvalue weighted by Crippen LogP contribution is 2.57. The van der Waals surface area contributed by atoms with Crippen LogP contribution < -0.4 is 20.6 Å². The molecule has 0 saturated heterocycles. The van der Waals surface area contributed by atoms with Crippen molar-refractivity contribution in [2.75, 3.05) is 9.71 Å². The van der Waals surface area contributed by atoms with E-state index >= 15 is 0 Å². The standard InChI is InChI=1S/C64H59BN2S2/c1-61(2,3)39-24-27-41(28-25-39)67-52-36-49-48(63(7,8)30-31-64(49,9)10)33-47(52)58-59-54(35-46-43-21-15-17-23-56(43)69-60(46)58)66(51-29-26-40(62(4,5)6)32-44(51)38-18-12-11-13-19-38)53-37-57-45(34-50(53)65(59)67)42-20-14-16-22-55(42)68-57/h11-29,32-37H,30-31H2,1-10H3. The van der Waals surface area contributed by atoms with E-state index in [0.717, 1.165) is 12.8 Å². The molecular weight excluding hydrogens is 872 g/mol. The largest absolute Gasteiger partial charge is 0.376 e. The fourth-order valence-electron chi connectivity index (χ4n) is 12.2. The normalized spacial score (nSPS) is 16.0. The summed E-state index contributed by atoms with van der Waals surface area (Å²) >= 11 is 3.89. The Kier molecular flexibility index (Phi) is 9.15. The van der Waals surface area contributed by atoms with Crippen LogP contribution in [0.4, 0.5) is 28.4 Å². The molecule has 0 radical (unpaired) electrons. The van der Waals surface area contributed by atoms with Crippen molar-refractivity contribution in [2.45, 2.75) is 104 Å². The lowest BCUT2D eigenvalue weighted by Crippen LogP contribution is -2.61. The molecule has 8 aromatic carbocycles. The summed E-state index contributed by atoms with van der Waals surface area (Å²) in [5.41, 5.74) is 19.9. The molecule has 3 aliphatic rings. The van der Waals surface area contributed by atoms with Gasteiger partial charge in [0.15, 0.2) is 0 Å². The van der Waals surface area contributed by atoms with E-state index in [1.807, 2.05) is 22.7 Å². The van der Waals surface area contributed by atoms with Gasteiger partial charge in [-0.1, -0.05) is 160 Å². The van der Waals surface area contributed by atoms with Crippen molar-refractivity contribution in [1.29, 1.82) is 0 Å². The van der Waals surface area contributed by atoms with E-state index in [2.05, 4.69) is 231 Å². The molecule has 340 valence electrons. The van der Waals surface area contributed by atoms with Crippen molar-refractivity contribution < 1.29 is 0 Å². The molecule has 0 atom stereocenters. The molecule has 1 aliphatic carbocycles. The molecule has 13 rings (SSSR count). The van der Waals surface area contributed by atoms with E-state index in [9.17, 15) is 0 Å². The number of hydrogen-bond donors (Lipinski definition) is 0. The van der Waals surface area contributed by atoms with E-state index in [1.54, 1.807) is 0 Å². The van der Waals surface area contributed by atoms with Gasteiger partial charge in [-0.05, 0) is 134 Å². The van der Waals surface area contributed by atoms with Crippen LogP contribution in [0.25, 0.3) is 62.6 Å². The number of anilines is 5. The molecule has 0 amide bonds. The van der Waals surface area contributed by atoms with Crippen LogP contribution in [0.15, 0.2) is 152 Å². The predicted octanol–water partition coefficient (Wildman–Crippen LogP) is 17.7. The van der Waals surface area contributed by atoms with Gasteiger partial charge in [0.1, 0.15) is 0 Å². The topological polar surface area (TPSA) is 6.48 Å². The summed E-state index contributed by atoms with van der Waals surface area (Å²) in [6.45, 7) is 23.8. The third-order valence-corrected chi connectivity index (χ3v) is 18.6. The Morgan fingerprint density at radius 1 is 0.478 bits per heavy atom. The van der Waals surface area contributed by atoms with E-state index in [1.165, 1.54) is 124 Å². The fraction of sp³-hybridized carbons (Fsp3) is 0.250. The maximum atomic E-state index is 2.77. The Hall–Kier alpha value is -6.14. The van der Waals surface area contributed by atoms with Crippen LogP contribution in [-0.4, -0.2) is 6.85 Å². The van der Waals surface area contributed by atoms with E-state index in [4.69, 9.17) is 0 Å². The first-order chi connectivity index (χ1) is 33.0. The lowest BCUT2D eigenvalue weighted by Gasteiger charge is -2.48. The SMILES string of the molecule is CC(C)(C)c1ccc(N2B3c4cc5c(cc4N(c4ccc(C(C)(C)C)cc4-c4ccccc4)c4cc6c(sc7ccccc76)c(c43)-c3cc4c(cc32)C(C)(C)CCC4(C)C)sc2ccccc25)cc1. The summed E-state index contributed by atoms with van der Waals surface area (Å²) in [6.07, 6.45) is 2.33. The molecule has 0 bridgehead atoms. The van der Waals surface area contributed by atoms with Gasteiger partial charge >= 0.3 is 6.85 Å². The minimum absolute atomic E-state index is 0.0297. The van der Waals surface area contributed by atoms with Crippen molar-refractivity contribution in [2.24, 2.45) is 0 Å². The number of fused-ring (bicyclic) bond motifs is 12. The lowest BCUT2D eigenvalue weighted by atomic mass is 9.43. The van der Waals surface area contributed by atoms with Crippen LogP contribution in [0.2, 0.25) is 0 Å². The van der Waals surface area contributed by atoms with Gasteiger partial charge < -0.3 is 9.71 Å². The molecule has 5 heteroatoms. The van der Waals surface area contributed by atoms with Crippen molar-refractivity contribution in [3.05, 3.63) is 174 Å². The van der Waals surface area contributed by atoms with Crippen molar-refractivity contribution in [3.8, 4) is 22.3 Å². The average molecular weight is 931 g/mol. The van der Waals surface area contributed by atoms with Crippen LogP contribution in [-0.2, 0) is 21.7 Å². The zero-order chi connectivity index (χ0) is 47.5. The number of thiophene rings is 2. The molecular formula is C64H59BN2S2. The van der Waals surface area contributed by atoms with Crippen molar-refractivity contribution >= 4 is 109 Å². The molecule has 4 heterocycles. The van der Waals surface area contributed by atoms with Crippen molar-refractivity contribution in [3.63, 3.8) is 0 Å². The Balaban J connectivity index is 1.23. The molecule has 0 fully saturated rings. The van der Waals surface area contributed by atoms with Gasteiger partial charge in [0, 0.05) is 79.8 Å². The van der Waals surface area contributed by atoms with Gasteiger partial charge in [-0.25, -0.2) is 0 Å². The molecule has 0 unspecified atom stereocenters. The Labute approximate surface area is 416 Å². The van der Waals surface area contributed by atoms with Crippen LogP contribution in [0.5, 0.6) is 0 Å². The molecule has 2 aromatic heterocycles. The Morgan fingerprint density at radius 3 is 1.77 bits per heavy atom. The highest BCUT2D eigenvalue weighted by molar-refractivity contribution is 7.27. The molecule has 2 nitrogen and oxygen atoms in total. The van der Waals surface area contributed by atoms with E-state index in [-0.39, 0.29) is 28.5 Å². The second-order valence-corrected chi connectivity index (χ2v) is 25.7. The number of benzene rings is 8. The number of nitrogens with zero attached hydrogens (tertiary/aromatic N) is 2. The smallest absolute Gasteiger partial charge is 0.333 e. The summed E-state index contributed by atoms with van der Waals surface area (Å²) in [5.74, 6) is 0. The summed E-state index contributed by atoms with van der Waals surface area (Å²) in [5, 5.41) is 5.31. The minimum Gasteiger partial charge on any atom is -0.376 e. The van der Waals surface area contributed by atoms with Crippen LogP contribution >= 0.6 is 22.7 Å².